The molecule has 3 nitrogen and oxygen atoms in total. The van der Waals surface area contributed by atoms with Crippen molar-refractivity contribution in [3.05, 3.63) is 18.6 Å². The van der Waals surface area contributed by atoms with Crippen LogP contribution in [0.15, 0.2) is 11.6 Å². The van der Waals surface area contributed by atoms with Crippen molar-refractivity contribution in [3.63, 3.8) is 0 Å². The van der Waals surface area contributed by atoms with Gasteiger partial charge >= 0.3 is 0 Å². The summed E-state index contributed by atoms with van der Waals surface area (Å²) in [6.07, 6.45) is 4.80. The van der Waals surface area contributed by atoms with Gasteiger partial charge in [0.25, 0.3) is 5.91 Å². The number of amides is 1. The zero-order valence-corrected chi connectivity index (χ0v) is 11.0. The Labute approximate surface area is 104 Å². The monoisotopic (exact) mass is 233 g/mol. The summed E-state index contributed by atoms with van der Waals surface area (Å²) in [6.45, 7) is 10.6. The maximum Gasteiger partial charge on any atom is 0.264 e. The number of rotatable bonds is 1. The maximum absolute atomic E-state index is 12.2. The first kappa shape index (κ1) is 13.8. The van der Waals surface area contributed by atoms with Crippen molar-refractivity contribution in [1.82, 2.24) is 4.90 Å². The smallest absolute Gasteiger partial charge is 0.264 e. The van der Waals surface area contributed by atoms with Crippen molar-refractivity contribution in [3.8, 4) is 6.07 Å². The minimum absolute atomic E-state index is 0.00738. The molecule has 0 saturated carbocycles. The Morgan fingerprint density at radius 2 is 2.12 bits per heavy atom. The molecule has 93 valence electrons. The second-order valence-corrected chi connectivity index (χ2v) is 5.68. The fraction of sp³-hybridized carbons (Fsp3) is 0.643. The van der Waals surface area contributed by atoms with E-state index < -0.39 is 0 Å². The molecule has 1 aliphatic heterocycles. The van der Waals surface area contributed by atoms with Gasteiger partial charge in [0.2, 0.25) is 0 Å². The predicted octanol–water partition coefficient (Wildman–Crippen LogP) is 2.70. The van der Waals surface area contributed by atoms with E-state index in [0.717, 1.165) is 25.8 Å². The third kappa shape index (κ3) is 3.89. The summed E-state index contributed by atoms with van der Waals surface area (Å²) >= 11 is 0. The Hall–Kier alpha value is -1.30. The van der Waals surface area contributed by atoms with E-state index in [1.54, 1.807) is 11.0 Å². The molecule has 0 N–H and O–H groups in total. The number of allylic oxidation sites excluding steroid dienone is 1. The van der Waals surface area contributed by atoms with Gasteiger partial charge in [-0.05, 0) is 31.6 Å². The Balaban J connectivity index is 2.87. The van der Waals surface area contributed by atoms with E-state index in [0.29, 0.717) is 0 Å². The number of nitrogens with zero attached hydrogens (tertiary/aromatic N) is 2. The normalized spacial score (nSPS) is 22.2. The molecule has 0 aliphatic carbocycles. The van der Waals surface area contributed by atoms with Crippen LogP contribution in [0.5, 0.6) is 0 Å². The summed E-state index contributed by atoms with van der Waals surface area (Å²) in [5.74, 6) is -0.165. The molecule has 1 aliphatic rings. The molecule has 0 bridgehead atoms. The molecule has 1 fully saturated rings. The van der Waals surface area contributed by atoms with Crippen molar-refractivity contribution in [2.75, 3.05) is 6.54 Å². The van der Waals surface area contributed by atoms with Gasteiger partial charge in [-0.2, -0.15) is 5.26 Å². The van der Waals surface area contributed by atoms with Gasteiger partial charge in [0.15, 0.2) is 0 Å². The standard InChI is InChI=1S/C14H21N2O/c1-11-7-5-6-8-16(11)13(17)12(10-15)9-14(2,3)4/h9,11H,1,5-8H2,2-4H3/t11-/m0/s1. The van der Waals surface area contributed by atoms with Gasteiger partial charge in [-0.15, -0.1) is 0 Å². The van der Waals surface area contributed by atoms with Crippen molar-refractivity contribution in [2.24, 2.45) is 5.41 Å². The van der Waals surface area contributed by atoms with Crippen LogP contribution in [0.25, 0.3) is 0 Å². The fourth-order valence-electron chi connectivity index (χ4n) is 2.00. The Morgan fingerprint density at radius 3 is 2.59 bits per heavy atom. The number of piperidine rings is 1. The van der Waals surface area contributed by atoms with E-state index in [2.05, 4.69) is 6.92 Å². The van der Waals surface area contributed by atoms with E-state index in [9.17, 15) is 4.79 Å². The van der Waals surface area contributed by atoms with Crippen LogP contribution >= 0.6 is 0 Å². The van der Waals surface area contributed by atoms with Crippen molar-refractivity contribution < 1.29 is 4.79 Å². The SMILES string of the molecule is [CH2][C@H]1CCCCN1C(=O)C(C#N)=CC(C)(C)C. The molecule has 0 unspecified atom stereocenters. The van der Waals surface area contributed by atoms with Crippen molar-refractivity contribution >= 4 is 5.91 Å². The van der Waals surface area contributed by atoms with Crippen LogP contribution in [0.3, 0.4) is 0 Å². The van der Waals surface area contributed by atoms with Crippen LogP contribution in [-0.4, -0.2) is 23.4 Å². The van der Waals surface area contributed by atoms with E-state index in [1.165, 1.54) is 0 Å². The van der Waals surface area contributed by atoms with Crippen molar-refractivity contribution in [2.45, 2.75) is 46.1 Å². The van der Waals surface area contributed by atoms with Gasteiger partial charge in [0.05, 0.1) is 0 Å². The molecule has 0 aromatic heterocycles. The molecule has 0 aromatic rings. The Morgan fingerprint density at radius 1 is 1.47 bits per heavy atom. The largest absolute Gasteiger partial charge is 0.335 e. The predicted molar refractivity (Wildman–Crippen MR) is 67.9 cm³/mol. The highest BCUT2D eigenvalue weighted by Gasteiger charge is 2.26. The summed E-state index contributed by atoms with van der Waals surface area (Å²) < 4.78 is 0. The minimum atomic E-state index is -0.165. The molecule has 1 atom stereocenters. The van der Waals surface area contributed by atoms with Crippen LogP contribution in [-0.2, 0) is 4.79 Å². The molecule has 17 heavy (non-hydrogen) atoms. The quantitative estimate of drug-likeness (QED) is 0.516. The lowest BCUT2D eigenvalue weighted by Crippen LogP contribution is -2.42. The van der Waals surface area contributed by atoms with Crippen LogP contribution in [0.4, 0.5) is 0 Å². The summed E-state index contributed by atoms with van der Waals surface area (Å²) in [6, 6.07) is 2.03. The number of carbonyl (C=O) groups is 1. The lowest BCUT2D eigenvalue weighted by atomic mass is 9.93. The highest BCUT2D eigenvalue weighted by Crippen LogP contribution is 2.22. The van der Waals surface area contributed by atoms with Gasteiger partial charge in [-0.1, -0.05) is 26.8 Å². The van der Waals surface area contributed by atoms with Crippen LogP contribution in [0, 0.1) is 23.7 Å². The Kier molecular flexibility index (Phi) is 4.34. The minimum Gasteiger partial charge on any atom is -0.335 e. The fourth-order valence-corrected chi connectivity index (χ4v) is 2.00. The molecule has 0 aromatic carbocycles. The van der Waals surface area contributed by atoms with Gasteiger partial charge in [0, 0.05) is 12.6 Å². The first-order valence-corrected chi connectivity index (χ1v) is 6.12. The van der Waals surface area contributed by atoms with Crippen molar-refractivity contribution in [1.29, 1.82) is 5.26 Å². The van der Waals surface area contributed by atoms with Gasteiger partial charge < -0.3 is 4.90 Å². The number of hydrogen-bond acceptors (Lipinski definition) is 2. The van der Waals surface area contributed by atoms with Crippen LogP contribution in [0.1, 0.15) is 40.0 Å². The molecule has 1 saturated heterocycles. The molecular weight excluding hydrogens is 212 g/mol. The molecular formula is C14H21N2O. The second-order valence-electron chi connectivity index (χ2n) is 5.68. The molecule has 0 spiro atoms. The van der Waals surface area contributed by atoms with Crippen LogP contribution < -0.4 is 0 Å². The topological polar surface area (TPSA) is 44.1 Å². The molecule has 3 heteroatoms. The van der Waals surface area contributed by atoms with E-state index in [4.69, 9.17) is 5.26 Å². The second kappa shape index (κ2) is 5.35. The van der Waals surface area contributed by atoms with Gasteiger partial charge in [-0.3, -0.25) is 4.79 Å². The average Bonchev–Trinajstić information content (AvgIpc) is 2.24. The number of carbonyl (C=O) groups excluding carboxylic acids is 1. The highest BCUT2D eigenvalue weighted by molar-refractivity contribution is 5.97. The molecule has 1 heterocycles. The van der Waals surface area contributed by atoms with E-state index in [-0.39, 0.29) is 22.9 Å². The van der Waals surface area contributed by atoms with E-state index in [1.807, 2.05) is 26.8 Å². The summed E-state index contributed by atoms with van der Waals surface area (Å²) in [7, 11) is 0. The number of likely N-dealkylation sites (tertiary alicyclic amines) is 1. The first-order chi connectivity index (χ1) is 7.85. The lowest BCUT2D eigenvalue weighted by molar-refractivity contribution is -0.129. The number of hydrogen-bond donors (Lipinski definition) is 0. The molecule has 1 rings (SSSR count). The zero-order chi connectivity index (χ0) is 13.1. The summed E-state index contributed by atoms with van der Waals surface area (Å²) in [5.41, 5.74) is 0.0840. The summed E-state index contributed by atoms with van der Waals surface area (Å²) in [5, 5.41) is 9.09. The van der Waals surface area contributed by atoms with Gasteiger partial charge in [0.1, 0.15) is 11.6 Å². The van der Waals surface area contributed by atoms with E-state index >= 15 is 0 Å². The van der Waals surface area contributed by atoms with Crippen LogP contribution in [0.2, 0.25) is 0 Å². The molecule has 1 amide bonds. The zero-order valence-electron chi connectivity index (χ0n) is 11.0. The average molecular weight is 233 g/mol. The summed E-state index contributed by atoms with van der Waals surface area (Å²) in [4.78, 5) is 13.9. The number of nitriles is 1. The first-order valence-electron chi connectivity index (χ1n) is 6.12. The molecule has 1 radical (unpaired) electrons. The van der Waals surface area contributed by atoms with Gasteiger partial charge in [-0.25, -0.2) is 0 Å². The lowest BCUT2D eigenvalue weighted by Gasteiger charge is -2.33. The Bertz CT molecular complexity index is 357. The third-order valence-corrected chi connectivity index (χ3v) is 2.82. The maximum atomic E-state index is 12.2. The highest BCUT2D eigenvalue weighted by atomic mass is 16.2. The third-order valence-electron chi connectivity index (χ3n) is 2.82.